The van der Waals surface area contributed by atoms with Crippen LogP contribution in [0.1, 0.15) is 0 Å². The van der Waals surface area contributed by atoms with Gasteiger partial charge in [0.1, 0.15) is 6.61 Å². The maximum atomic E-state index is 11.5. The summed E-state index contributed by atoms with van der Waals surface area (Å²) in [5, 5.41) is 3.27. The van der Waals surface area contributed by atoms with Gasteiger partial charge in [0.15, 0.2) is 0 Å². The van der Waals surface area contributed by atoms with Crippen LogP contribution in [0.5, 0.6) is 0 Å². The molecule has 2 saturated heterocycles. The van der Waals surface area contributed by atoms with Gasteiger partial charge in [0.25, 0.3) is 0 Å². The van der Waals surface area contributed by atoms with Gasteiger partial charge in [-0.3, -0.25) is 9.69 Å². The third kappa shape index (κ3) is 2.48. The van der Waals surface area contributed by atoms with Crippen LogP contribution in [0, 0.1) is 0 Å². The largest absolute Gasteiger partial charge is 0.375 e. The van der Waals surface area contributed by atoms with Crippen molar-refractivity contribution < 1.29 is 9.53 Å². The van der Waals surface area contributed by atoms with Crippen LogP contribution >= 0.6 is 0 Å². The van der Waals surface area contributed by atoms with Crippen LogP contribution in [0.25, 0.3) is 0 Å². The van der Waals surface area contributed by atoms with Crippen LogP contribution in [-0.4, -0.2) is 74.7 Å². The monoisotopic (exact) mass is 213 g/mol. The molecule has 1 N–H and O–H groups in total. The summed E-state index contributed by atoms with van der Waals surface area (Å²) >= 11 is 0. The van der Waals surface area contributed by atoms with E-state index in [2.05, 4.69) is 10.2 Å². The fraction of sp³-hybridized carbons (Fsp3) is 0.900. The molecular weight excluding hydrogens is 194 g/mol. The molecule has 0 radical (unpaired) electrons. The van der Waals surface area contributed by atoms with Gasteiger partial charge < -0.3 is 15.0 Å². The van der Waals surface area contributed by atoms with E-state index in [-0.39, 0.29) is 12.5 Å². The van der Waals surface area contributed by atoms with Crippen LogP contribution in [-0.2, 0) is 9.53 Å². The van der Waals surface area contributed by atoms with Gasteiger partial charge in [0, 0.05) is 52.4 Å². The minimum atomic E-state index is 0.115. The van der Waals surface area contributed by atoms with Crippen LogP contribution in [0.2, 0.25) is 0 Å². The average Bonchev–Trinajstić information content (AvgIpc) is 2.16. The Labute approximate surface area is 90.4 Å². The SMILES string of the molecule is COCC(=O)N1CCN(C2CNC2)CC1. The Hall–Kier alpha value is -0.650. The van der Waals surface area contributed by atoms with Crippen molar-refractivity contribution in [3.63, 3.8) is 0 Å². The number of nitrogens with one attached hydrogen (secondary N) is 1. The zero-order valence-corrected chi connectivity index (χ0v) is 9.24. The number of amides is 1. The Morgan fingerprint density at radius 2 is 2.00 bits per heavy atom. The van der Waals surface area contributed by atoms with Gasteiger partial charge in [-0.05, 0) is 0 Å². The lowest BCUT2D eigenvalue weighted by Crippen LogP contribution is -2.62. The lowest BCUT2D eigenvalue weighted by molar-refractivity contribution is -0.137. The Kier molecular flexibility index (Phi) is 3.56. The van der Waals surface area contributed by atoms with Gasteiger partial charge >= 0.3 is 0 Å². The third-order valence-electron chi connectivity index (χ3n) is 3.21. The summed E-state index contributed by atoms with van der Waals surface area (Å²) in [6.07, 6.45) is 0. The molecule has 2 fully saturated rings. The van der Waals surface area contributed by atoms with E-state index in [0.29, 0.717) is 6.04 Å². The van der Waals surface area contributed by atoms with E-state index in [1.807, 2.05) is 4.90 Å². The molecule has 86 valence electrons. The second-order valence-electron chi connectivity index (χ2n) is 4.16. The third-order valence-corrected chi connectivity index (χ3v) is 3.21. The highest BCUT2D eigenvalue weighted by atomic mass is 16.5. The number of carbonyl (C=O) groups is 1. The van der Waals surface area contributed by atoms with Crippen LogP contribution in [0.4, 0.5) is 0 Å². The molecule has 5 nitrogen and oxygen atoms in total. The van der Waals surface area contributed by atoms with Crippen molar-refractivity contribution in [2.75, 3.05) is 53.0 Å². The second-order valence-corrected chi connectivity index (χ2v) is 4.16. The molecule has 0 aromatic heterocycles. The maximum Gasteiger partial charge on any atom is 0.248 e. The lowest BCUT2D eigenvalue weighted by Gasteiger charge is -2.43. The molecule has 2 heterocycles. The van der Waals surface area contributed by atoms with Gasteiger partial charge in [-0.2, -0.15) is 0 Å². The van der Waals surface area contributed by atoms with Gasteiger partial charge in [0.2, 0.25) is 5.91 Å². The zero-order valence-electron chi connectivity index (χ0n) is 9.24. The first-order valence-electron chi connectivity index (χ1n) is 5.52. The zero-order chi connectivity index (χ0) is 10.7. The minimum absolute atomic E-state index is 0.115. The number of hydrogen-bond donors (Lipinski definition) is 1. The molecule has 5 heteroatoms. The molecule has 2 rings (SSSR count). The van der Waals surface area contributed by atoms with E-state index in [1.165, 1.54) is 0 Å². The van der Waals surface area contributed by atoms with E-state index in [4.69, 9.17) is 4.74 Å². The first-order chi connectivity index (χ1) is 7.31. The van der Waals surface area contributed by atoms with Crippen molar-refractivity contribution in [3.8, 4) is 0 Å². The molecular formula is C10H19N3O2. The highest BCUT2D eigenvalue weighted by Gasteiger charge is 2.28. The smallest absolute Gasteiger partial charge is 0.248 e. The number of nitrogens with zero attached hydrogens (tertiary/aromatic N) is 2. The molecule has 0 saturated carbocycles. The molecule has 0 aromatic carbocycles. The highest BCUT2D eigenvalue weighted by Crippen LogP contribution is 2.09. The molecule has 0 atom stereocenters. The molecule has 0 aliphatic carbocycles. The van der Waals surface area contributed by atoms with Crippen molar-refractivity contribution in [2.24, 2.45) is 0 Å². The van der Waals surface area contributed by atoms with Crippen molar-refractivity contribution in [2.45, 2.75) is 6.04 Å². The van der Waals surface area contributed by atoms with Crippen LogP contribution in [0.3, 0.4) is 0 Å². The lowest BCUT2D eigenvalue weighted by atomic mass is 10.1. The number of ether oxygens (including phenoxy) is 1. The standard InChI is InChI=1S/C10H19N3O2/c1-15-8-10(14)13-4-2-12(3-5-13)9-6-11-7-9/h9,11H,2-8H2,1H3. The summed E-state index contributed by atoms with van der Waals surface area (Å²) in [5.74, 6) is 0.115. The molecule has 2 aliphatic heterocycles. The van der Waals surface area contributed by atoms with Crippen molar-refractivity contribution in [1.82, 2.24) is 15.1 Å². The Morgan fingerprint density at radius 3 is 2.47 bits per heavy atom. The number of carbonyl (C=O) groups excluding carboxylic acids is 1. The first kappa shape index (κ1) is 10.9. The van der Waals surface area contributed by atoms with E-state index in [9.17, 15) is 4.79 Å². The summed E-state index contributed by atoms with van der Waals surface area (Å²) < 4.78 is 4.85. The highest BCUT2D eigenvalue weighted by molar-refractivity contribution is 5.77. The molecule has 0 spiro atoms. The first-order valence-corrected chi connectivity index (χ1v) is 5.52. The van der Waals surface area contributed by atoms with E-state index >= 15 is 0 Å². The van der Waals surface area contributed by atoms with Gasteiger partial charge in [-0.25, -0.2) is 0 Å². The fourth-order valence-electron chi connectivity index (χ4n) is 2.08. The van der Waals surface area contributed by atoms with Gasteiger partial charge in [-0.15, -0.1) is 0 Å². The van der Waals surface area contributed by atoms with Crippen LogP contribution in [0.15, 0.2) is 0 Å². The van der Waals surface area contributed by atoms with Crippen LogP contribution < -0.4 is 5.32 Å². The van der Waals surface area contributed by atoms with Gasteiger partial charge in [-0.1, -0.05) is 0 Å². The Bertz CT molecular complexity index is 223. The van der Waals surface area contributed by atoms with Gasteiger partial charge in [0.05, 0.1) is 0 Å². The molecule has 1 amide bonds. The number of piperazine rings is 1. The van der Waals surface area contributed by atoms with Crippen molar-refractivity contribution >= 4 is 5.91 Å². The second kappa shape index (κ2) is 4.92. The predicted octanol–water partition coefficient (Wildman–Crippen LogP) is -1.25. The number of methoxy groups -OCH3 is 1. The Morgan fingerprint density at radius 1 is 1.33 bits per heavy atom. The van der Waals surface area contributed by atoms with E-state index in [0.717, 1.165) is 39.3 Å². The topological polar surface area (TPSA) is 44.8 Å². The number of rotatable bonds is 3. The number of hydrogen-bond acceptors (Lipinski definition) is 4. The molecule has 2 aliphatic rings. The van der Waals surface area contributed by atoms with E-state index < -0.39 is 0 Å². The molecule has 0 aromatic rings. The maximum absolute atomic E-state index is 11.5. The molecule has 15 heavy (non-hydrogen) atoms. The summed E-state index contributed by atoms with van der Waals surface area (Å²) in [4.78, 5) is 15.9. The summed E-state index contributed by atoms with van der Waals surface area (Å²) in [7, 11) is 1.56. The summed E-state index contributed by atoms with van der Waals surface area (Å²) in [5.41, 5.74) is 0. The predicted molar refractivity (Wildman–Crippen MR) is 56.7 cm³/mol. The van der Waals surface area contributed by atoms with Crippen molar-refractivity contribution in [1.29, 1.82) is 0 Å². The van der Waals surface area contributed by atoms with Crippen molar-refractivity contribution in [3.05, 3.63) is 0 Å². The molecule has 0 bridgehead atoms. The summed E-state index contributed by atoms with van der Waals surface area (Å²) in [6.45, 7) is 6.12. The summed E-state index contributed by atoms with van der Waals surface area (Å²) in [6, 6.07) is 0.699. The minimum Gasteiger partial charge on any atom is -0.375 e. The fourth-order valence-corrected chi connectivity index (χ4v) is 2.08. The normalized spacial score (nSPS) is 23.9. The average molecular weight is 213 g/mol. The molecule has 0 unspecified atom stereocenters. The quantitative estimate of drug-likeness (QED) is 0.636. The Balaban J connectivity index is 1.73. The van der Waals surface area contributed by atoms with E-state index in [1.54, 1.807) is 7.11 Å².